The molecule has 0 amide bonds. The number of rotatable bonds is 17. The van der Waals surface area contributed by atoms with Crippen LogP contribution in [0.5, 0.6) is 0 Å². The van der Waals surface area contributed by atoms with Gasteiger partial charge in [0, 0.05) is 11.5 Å². The molecule has 0 fully saturated rings. The maximum atomic E-state index is 10.9. The van der Waals surface area contributed by atoms with E-state index in [9.17, 15) is 9.59 Å². The molecule has 4 nitrogen and oxygen atoms in total. The highest BCUT2D eigenvalue weighted by Gasteiger charge is 2.17. The highest BCUT2D eigenvalue weighted by Crippen LogP contribution is 2.41. The Kier molecular flexibility index (Phi) is 13.5. The lowest BCUT2D eigenvalue weighted by atomic mass is 10.0. The molecule has 0 aliphatic rings. The second-order valence-electron chi connectivity index (χ2n) is 7.83. The van der Waals surface area contributed by atoms with Crippen molar-refractivity contribution in [3.05, 3.63) is 77.4 Å². The number of carboxylic acid groups (broad SMARTS) is 2. The van der Waals surface area contributed by atoms with Crippen LogP contribution in [0, 0.1) is 0 Å². The van der Waals surface area contributed by atoms with Gasteiger partial charge in [0.1, 0.15) is 0 Å². The number of hydrogen-bond donors (Lipinski definition) is 2. The number of carbonyl (C=O) groups is 2. The van der Waals surface area contributed by atoms with Gasteiger partial charge in [0.05, 0.1) is 17.4 Å². The third kappa shape index (κ3) is 12.0. The first-order valence-electron chi connectivity index (χ1n) is 11.5. The maximum absolute atomic E-state index is 10.9. The fraction of sp³-hybridized carbons (Fsp3) is 0.407. The van der Waals surface area contributed by atoms with E-state index in [4.69, 9.17) is 10.2 Å². The minimum Gasteiger partial charge on any atom is -0.481 e. The van der Waals surface area contributed by atoms with Crippen molar-refractivity contribution in [2.24, 2.45) is 0 Å². The first-order chi connectivity index (χ1) is 16.1. The van der Waals surface area contributed by atoms with Gasteiger partial charge in [-0.05, 0) is 42.4 Å². The summed E-state index contributed by atoms with van der Waals surface area (Å²) in [6.45, 7) is 0. The molecule has 0 bridgehead atoms. The molecule has 0 unspecified atom stereocenters. The molecule has 0 aliphatic carbocycles. The van der Waals surface area contributed by atoms with Crippen LogP contribution in [-0.2, 0) is 16.0 Å². The van der Waals surface area contributed by atoms with E-state index in [1.165, 1.54) is 36.0 Å². The molecule has 0 radical (unpaired) electrons. The zero-order valence-electron chi connectivity index (χ0n) is 19.0. The third-order valence-electron chi connectivity index (χ3n) is 5.16. The summed E-state index contributed by atoms with van der Waals surface area (Å²) in [5.41, 5.74) is 3.73. The van der Waals surface area contributed by atoms with Crippen molar-refractivity contribution in [2.45, 2.75) is 55.9 Å². The van der Waals surface area contributed by atoms with E-state index in [0.717, 1.165) is 19.3 Å². The minimum atomic E-state index is -0.802. The molecule has 0 aromatic heterocycles. The number of aliphatic carboxylic acids is 2. The van der Waals surface area contributed by atoms with Gasteiger partial charge in [0.25, 0.3) is 0 Å². The van der Waals surface area contributed by atoms with Crippen LogP contribution in [0.15, 0.2) is 60.7 Å². The second-order valence-corrected chi connectivity index (χ2v) is 10.6. The zero-order chi connectivity index (χ0) is 23.7. The molecule has 0 heterocycles. The predicted molar refractivity (Wildman–Crippen MR) is 141 cm³/mol. The van der Waals surface area contributed by atoms with Crippen LogP contribution in [0.1, 0.15) is 66.2 Å². The summed E-state index contributed by atoms with van der Waals surface area (Å²) in [6.07, 6.45) is 11.4. The van der Waals surface area contributed by atoms with Crippen LogP contribution >= 0.6 is 23.5 Å². The molecule has 0 aliphatic heterocycles. The Hall–Kier alpha value is -2.18. The van der Waals surface area contributed by atoms with E-state index < -0.39 is 11.9 Å². The molecule has 2 rings (SSSR count). The van der Waals surface area contributed by atoms with E-state index in [1.54, 1.807) is 23.5 Å². The van der Waals surface area contributed by atoms with Gasteiger partial charge < -0.3 is 10.2 Å². The molecule has 2 aromatic rings. The molecule has 2 N–H and O–H groups in total. The Balaban J connectivity index is 1.80. The molecular weight excluding hydrogens is 452 g/mol. The summed E-state index contributed by atoms with van der Waals surface area (Å²) in [5.74, 6) is -0.567. The van der Waals surface area contributed by atoms with E-state index >= 15 is 0 Å². The van der Waals surface area contributed by atoms with Gasteiger partial charge in [-0.2, -0.15) is 0 Å². The van der Waals surface area contributed by atoms with Gasteiger partial charge >= 0.3 is 11.9 Å². The van der Waals surface area contributed by atoms with Gasteiger partial charge in [0.2, 0.25) is 0 Å². The number of hydrogen-bond acceptors (Lipinski definition) is 4. The fourth-order valence-electron chi connectivity index (χ4n) is 3.44. The molecule has 2 aromatic carbocycles. The zero-order valence-corrected chi connectivity index (χ0v) is 20.7. The van der Waals surface area contributed by atoms with Gasteiger partial charge in [-0.3, -0.25) is 9.59 Å². The van der Waals surface area contributed by atoms with Crippen LogP contribution in [-0.4, -0.2) is 33.7 Å². The van der Waals surface area contributed by atoms with Crippen LogP contribution in [0.4, 0.5) is 0 Å². The number of unbranched alkanes of at least 4 members (excludes halogenated alkanes) is 4. The smallest absolute Gasteiger partial charge is 0.304 e. The monoisotopic (exact) mass is 486 g/mol. The first-order valence-corrected chi connectivity index (χ1v) is 13.6. The highest BCUT2D eigenvalue weighted by atomic mass is 32.2. The van der Waals surface area contributed by atoms with Gasteiger partial charge in [-0.15, -0.1) is 23.5 Å². The summed E-state index contributed by atoms with van der Waals surface area (Å²) < 4.78 is 0.0584. The topological polar surface area (TPSA) is 74.6 Å². The normalized spacial score (nSPS) is 11.3. The molecule has 0 atom stereocenters. The summed E-state index contributed by atoms with van der Waals surface area (Å²) in [6, 6.07) is 18.7. The van der Waals surface area contributed by atoms with Crippen molar-refractivity contribution in [2.75, 3.05) is 11.5 Å². The molecular formula is C27H34O4S2. The van der Waals surface area contributed by atoms with Crippen LogP contribution in [0.25, 0.3) is 6.08 Å². The van der Waals surface area contributed by atoms with Crippen molar-refractivity contribution in [3.63, 3.8) is 0 Å². The van der Waals surface area contributed by atoms with Gasteiger partial charge in [-0.1, -0.05) is 79.6 Å². The molecule has 33 heavy (non-hydrogen) atoms. The van der Waals surface area contributed by atoms with E-state index in [0.29, 0.717) is 11.5 Å². The summed E-state index contributed by atoms with van der Waals surface area (Å²) in [4.78, 5) is 21.9. The lowest BCUT2D eigenvalue weighted by molar-refractivity contribution is -0.137. The number of allylic oxidation sites excluding steroid dienone is 1. The van der Waals surface area contributed by atoms with E-state index in [-0.39, 0.29) is 17.4 Å². The van der Waals surface area contributed by atoms with Crippen LogP contribution in [0.3, 0.4) is 0 Å². The summed E-state index contributed by atoms with van der Waals surface area (Å²) in [7, 11) is 0. The number of benzene rings is 2. The Morgan fingerprint density at radius 1 is 0.788 bits per heavy atom. The van der Waals surface area contributed by atoms with Crippen LogP contribution < -0.4 is 0 Å². The first kappa shape index (κ1) is 27.1. The molecule has 6 heteroatoms. The lowest BCUT2D eigenvalue weighted by Crippen LogP contribution is -2.03. The molecule has 0 saturated heterocycles. The number of carboxylic acids is 2. The van der Waals surface area contributed by atoms with Crippen molar-refractivity contribution < 1.29 is 19.8 Å². The third-order valence-corrected chi connectivity index (χ3v) is 7.97. The Labute approximate surface area is 205 Å². The van der Waals surface area contributed by atoms with E-state index in [1.807, 2.05) is 18.2 Å². The standard InChI is InChI=1S/C27H34O4S2/c28-25(29)18-20-32-27(33-21-19-26(30)31)24-17-11-10-16-23(24)15-9-4-2-1-3-6-12-22-13-7-5-8-14-22/h5-8,10-14,16-17,27H,1-4,9,15,18-21H2,(H,28,29)(H,30,31)/b12-6-. The van der Waals surface area contributed by atoms with Crippen molar-refractivity contribution in [1.29, 1.82) is 0 Å². The van der Waals surface area contributed by atoms with Crippen molar-refractivity contribution in [1.82, 2.24) is 0 Å². The highest BCUT2D eigenvalue weighted by molar-refractivity contribution is 8.16. The summed E-state index contributed by atoms with van der Waals surface area (Å²) >= 11 is 3.20. The van der Waals surface area contributed by atoms with Gasteiger partial charge in [-0.25, -0.2) is 0 Å². The predicted octanol–water partition coefficient (Wildman–Crippen LogP) is 7.31. The van der Waals surface area contributed by atoms with Gasteiger partial charge in [0.15, 0.2) is 0 Å². The molecule has 178 valence electrons. The Bertz CT molecular complexity index is 847. The lowest BCUT2D eigenvalue weighted by Gasteiger charge is -2.20. The fourth-order valence-corrected chi connectivity index (χ4v) is 6.24. The van der Waals surface area contributed by atoms with Crippen molar-refractivity contribution in [3.8, 4) is 0 Å². The number of aryl methyl sites for hydroxylation is 1. The van der Waals surface area contributed by atoms with Crippen LogP contribution in [0.2, 0.25) is 0 Å². The summed E-state index contributed by atoms with van der Waals surface area (Å²) in [5, 5.41) is 18.0. The number of thioether (sulfide) groups is 2. The Morgan fingerprint density at radius 3 is 2.06 bits per heavy atom. The SMILES string of the molecule is O=C(O)CCSC(SCCC(=O)O)c1ccccc1CCCCCC/C=C\c1ccccc1. The van der Waals surface area contributed by atoms with Crippen molar-refractivity contribution >= 4 is 41.5 Å². The van der Waals surface area contributed by atoms with E-state index in [2.05, 4.69) is 48.6 Å². The molecule has 0 saturated carbocycles. The average Bonchev–Trinajstić information content (AvgIpc) is 2.80. The minimum absolute atomic E-state index is 0.0584. The average molecular weight is 487 g/mol. The second kappa shape index (κ2) is 16.4. The quantitative estimate of drug-likeness (QED) is 0.180. The Morgan fingerprint density at radius 2 is 1.39 bits per heavy atom. The molecule has 0 spiro atoms. The maximum Gasteiger partial charge on any atom is 0.304 e. The largest absolute Gasteiger partial charge is 0.481 e.